The van der Waals surface area contributed by atoms with Crippen molar-refractivity contribution in [2.24, 2.45) is 5.92 Å². The van der Waals surface area contributed by atoms with Crippen molar-refractivity contribution in [3.05, 3.63) is 29.8 Å². The van der Waals surface area contributed by atoms with E-state index >= 15 is 0 Å². The lowest BCUT2D eigenvalue weighted by atomic mass is 9.81. The van der Waals surface area contributed by atoms with Gasteiger partial charge in [-0.3, -0.25) is 4.98 Å². The summed E-state index contributed by atoms with van der Waals surface area (Å²) < 4.78 is 13.4. The van der Waals surface area contributed by atoms with Gasteiger partial charge in [-0.05, 0) is 18.4 Å². The molecule has 1 N–H and O–H groups in total. The van der Waals surface area contributed by atoms with Gasteiger partial charge in [-0.15, -0.1) is 0 Å². The number of hydrogen-bond acceptors (Lipinski definition) is 2. The molecule has 1 rings (SSSR count). The molecule has 1 atom stereocenters. The molecule has 0 amide bonds. The summed E-state index contributed by atoms with van der Waals surface area (Å²) in [7, 11) is 0. The van der Waals surface area contributed by atoms with Crippen LogP contribution >= 0.6 is 0 Å². The van der Waals surface area contributed by atoms with E-state index in [1.807, 2.05) is 20.8 Å². The number of aromatic nitrogens is 1. The van der Waals surface area contributed by atoms with Crippen molar-refractivity contribution in [2.45, 2.75) is 32.8 Å². The second-order valence-electron chi connectivity index (χ2n) is 3.79. The second kappa shape index (κ2) is 4.05. The zero-order valence-electron chi connectivity index (χ0n) is 8.79. The third kappa shape index (κ3) is 1.77. The zero-order valence-corrected chi connectivity index (χ0v) is 8.79. The Morgan fingerprint density at radius 1 is 1.57 bits per heavy atom. The predicted molar refractivity (Wildman–Crippen MR) is 53.2 cm³/mol. The van der Waals surface area contributed by atoms with Gasteiger partial charge in [0, 0.05) is 11.8 Å². The molecule has 0 saturated heterocycles. The summed E-state index contributed by atoms with van der Waals surface area (Å²) in [5.74, 6) is -0.463. The van der Waals surface area contributed by atoms with Crippen LogP contribution in [0.1, 0.15) is 32.8 Å². The van der Waals surface area contributed by atoms with Crippen molar-refractivity contribution >= 4 is 0 Å². The third-order valence-corrected chi connectivity index (χ3v) is 2.73. The molecule has 0 aliphatic heterocycles. The Morgan fingerprint density at radius 2 is 2.21 bits per heavy atom. The molecule has 1 aromatic heterocycles. The highest BCUT2D eigenvalue weighted by Gasteiger charge is 2.33. The summed E-state index contributed by atoms with van der Waals surface area (Å²) in [6, 6.07) is 1.54. The Balaban J connectivity index is 3.19. The third-order valence-electron chi connectivity index (χ3n) is 2.73. The van der Waals surface area contributed by atoms with Gasteiger partial charge in [0.15, 0.2) is 0 Å². The molecular weight excluding hydrogens is 181 g/mol. The number of nitrogens with zero attached hydrogens (tertiary/aromatic N) is 1. The average Bonchev–Trinajstić information content (AvgIpc) is 2.17. The van der Waals surface area contributed by atoms with Gasteiger partial charge in [0.25, 0.3) is 0 Å². The fourth-order valence-corrected chi connectivity index (χ4v) is 1.64. The van der Waals surface area contributed by atoms with Gasteiger partial charge >= 0.3 is 0 Å². The largest absolute Gasteiger partial charge is 0.385 e. The van der Waals surface area contributed by atoms with Crippen LogP contribution in [0.15, 0.2) is 18.5 Å². The SMILES string of the molecule is CCC(O)(c1ccncc1F)C(C)C. The van der Waals surface area contributed by atoms with Gasteiger partial charge < -0.3 is 5.11 Å². The Kier molecular flexibility index (Phi) is 3.21. The highest BCUT2D eigenvalue weighted by Crippen LogP contribution is 2.33. The molecule has 1 unspecified atom stereocenters. The summed E-state index contributed by atoms with van der Waals surface area (Å²) in [5.41, 5.74) is -0.752. The van der Waals surface area contributed by atoms with Crippen LogP contribution in [0.2, 0.25) is 0 Å². The fourth-order valence-electron chi connectivity index (χ4n) is 1.64. The van der Waals surface area contributed by atoms with Crippen molar-refractivity contribution in [2.75, 3.05) is 0 Å². The number of pyridine rings is 1. The van der Waals surface area contributed by atoms with Gasteiger partial charge in [-0.1, -0.05) is 20.8 Å². The molecule has 0 aliphatic carbocycles. The van der Waals surface area contributed by atoms with Crippen molar-refractivity contribution < 1.29 is 9.50 Å². The molecule has 0 bridgehead atoms. The minimum absolute atomic E-state index is 0.0237. The van der Waals surface area contributed by atoms with Crippen LogP contribution in [0.25, 0.3) is 0 Å². The standard InChI is InChI=1S/C11H16FNO/c1-4-11(14,8(2)3)9-5-6-13-7-10(9)12/h5-8,14H,4H2,1-3H3. The molecule has 0 aliphatic rings. The van der Waals surface area contributed by atoms with Crippen molar-refractivity contribution in [3.63, 3.8) is 0 Å². The second-order valence-corrected chi connectivity index (χ2v) is 3.79. The maximum absolute atomic E-state index is 13.4. The van der Waals surface area contributed by atoms with E-state index < -0.39 is 11.4 Å². The molecule has 3 heteroatoms. The van der Waals surface area contributed by atoms with Crippen LogP contribution in [0.4, 0.5) is 4.39 Å². The van der Waals surface area contributed by atoms with Crippen LogP contribution in [0.3, 0.4) is 0 Å². The van der Waals surface area contributed by atoms with Gasteiger partial charge in [0.05, 0.1) is 11.8 Å². The van der Waals surface area contributed by atoms with Gasteiger partial charge in [0.1, 0.15) is 5.82 Å². The van der Waals surface area contributed by atoms with E-state index in [0.29, 0.717) is 12.0 Å². The summed E-state index contributed by atoms with van der Waals surface area (Å²) in [6.45, 7) is 5.60. The maximum Gasteiger partial charge on any atom is 0.147 e. The maximum atomic E-state index is 13.4. The molecule has 0 fully saturated rings. The van der Waals surface area contributed by atoms with Crippen molar-refractivity contribution in [1.29, 1.82) is 0 Å². The van der Waals surface area contributed by atoms with Crippen LogP contribution in [-0.4, -0.2) is 10.1 Å². The first kappa shape index (κ1) is 11.1. The molecule has 1 heterocycles. The minimum Gasteiger partial charge on any atom is -0.385 e. The normalized spacial score (nSPS) is 15.6. The first-order valence-corrected chi connectivity index (χ1v) is 4.84. The predicted octanol–water partition coefficient (Wildman–Crippen LogP) is 2.47. The summed E-state index contributed by atoms with van der Waals surface area (Å²) in [4.78, 5) is 3.67. The van der Waals surface area contributed by atoms with E-state index in [1.54, 1.807) is 6.07 Å². The number of aliphatic hydroxyl groups is 1. The average molecular weight is 197 g/mol. The molecule has 0 aromatic carbocycles. The lowest BCUT2D eigenvalue weighted by Crippen LogP contribution is -2.32. The zero-order chi connectivity index (χ0) is 10.8. The summed E-state index contributed by atoms with van der Waals surface area (Å²) in [5, 5.41) is 10.3. The van der Waals surface area contributed by atoms with E-state index in [-0.39, 0.29) is 5.92 Å². The first-order chi connectivity index (χ1) is 6.52. The lowest BCUT2D eigenvalue weighted by molar-refractivity contribution is -0.0172. The highest BCUT2D eigenvalue weighted by atomic mass is 19.1. The summed E-state index contributed by atoms with van der Waals surface area (Å²) >= 11 is 0. The Labute approximate surface area is 83.8 Å². The van der Waals surface area contributed by atoms with Crippen LogP contribution in [-0.2, 0) is 5.60 Å². The Bertz CT molecular complexity index is 314. The van der Waals surface area contributed by atoms with Crippen molar-refractivity contribution in [3.8, 4) is 0 Å². The molecular formula is C11H16FNO. The number of halogens is 1. The van der Waals surface area contributed by atoms with Crippen molar-refractivity contribution in [1.82, 2.24) is 4.98 Å². The molecule has 1 aromatic rings. The van der Waals surface area contributed by atoms with Crippen LogP contribution < -0.4 is 0 Å². The molecule has 2 nitrogen and oxygen atoms in total. The first-order valence-electron chi connectivity index (χ1n) is 4.84. The molecule has 14 heavy (non-hydrogen) atoms. The quantitative estimate of drug-likeness (QED) is 0.807. The monoisotopic (exact) mass is 197 g/mol. The number of rotatable bonds is 3. The Hall–Kier alpha value is -0.960. The smallest absolute Gasteiger partial charge is 0.147 e. The van der Waals surface area contributed by atoms with E-state index in [9.17, 15) is 9.50 Å². The van der Waals surface area contributed by atoms with E-state index in [0.717, 1.165) is 6.20 Å². The fraction of sp³-hybridized carbons (Fsp3) is 0.545. The van der Waals surface area contributed by atoms with Gasteiger partial charge in [-0.2, -0.15) is 0 Å². The van der Waals surface area contributed by atoms with Crippen LogP contribution in [0, 0.1) is 11.7 Å². The minimum atomic E-state index is -1.09. The van der Waals surface area contributed by atoms with E-state index in [1.165, 1.54) is 6.20 Å². The Morgan fingerprint density at radius 3 is 2.64 bits per heavy atom. The molecule has 0 spiro atoms. The number of hydrogen-bond donors (Lipinski definition) is 1. The highest BCUT2D eigenvalue weighted by molar-refractivity contribution is 5.21. The molecule has 0 saturated carbocycles. The topological polar surface area (TPSA) is 33.1 Å². The van der Waals surface area contributed by atoms with Gasteiger partial charge in [-0.25, -0.2) is 4.39 Å². The van der Waals surface area contributed by atoms with Crippen LogP contribution in [0.5, 0.6) is 0 Å². The summed E-state index contributed by atoms with van der Waals surface area (Å²) in [6.07, 6.45) is 3.13. The lowest BCUT2D eigenvalue weighted by Gasteiger charge is -2.31. The van der Waals surface area contributed by atoms with Gasteiger partial charge in [0.2, 0.25) is 0 Å². The van der Waals surface area contributed by atoms with E-state index in [2.05, 4.69) is 4.98 Å². The molecule has 78 valence electrons. The van der Waals surface area contributed by atoms with E-state index in [4.69, 9.17) is 0 Å². The molecule has 0 radical (unpaired) electrons.